The first kappa shape index (κ1) is 12.1. The van der Waals surface area contributed by atoms with E-state index in [1.165, 1.54) is 5.69 Å². The van der Waals surface area contributed by atoms with Crippen LogP contribution in [0, 0.1) is 0 Å². The molecule has 0 aliphatic heterocycles. The van der Waals surface area contributed by atoms with Crippen molar-refractivity contribution in [3.63, 3.8) is 0 Å². The number of hydrogen-bond donors (Lipinski definition) is 1. The lowest BCUT2D eigenvalue weighted by Crippen LogP contribution is -2.17. The van der Waals surface area contributed by atoms with Crippen LogP contribution in [0.15, 0.2) is 36.8 Å². The Kier molecular flexibility index (Phi) is 3.82. The molecule has 0 fully saturated rings. The quantitative estimate of drug-likeness (QED) is 0.903. The third-order valence-electron chi connectivity index (χ3n) is 2.94. The Labute approximate surface area is 106 Å². The molecule has 0 bridgehead atoms. The zero-order valence-electron chi connectivity index (χ0n) is 10.0. The molecule has 4 heteroatoms. The molecule has 17 heavy (non-hydrogen) atoms. The second kappa shape index (κ2) is 5.34. The van der Waals surface area contributed by atoms with E-state index in [1.54, 1.807) is 12.4 Å². The SMILES string of the molecule is CNC(C)c1cccn1Cc1ccncc1Cl. The summed E-state index contributed by atoms with van der Waals surface area (Å²) in [4.78, 5) is 3.99. The van der Waals surface area contributed by atoms with E-state index in [0.717, 1.165) is 12.1 Å². The molecule has 0 saturated carbocycles. The van der Waals surface area contributed by atoms with Crippen LogP contribution in [0.1, 0.15) is 24.2 Å². The molecule has 2 aromatic rings. The smallest absolute Gasteiger partial charge is 0.0639 e. The van der Waals surface area contributed by atoms with E-state index < -0.39 is 0 Å². The van der Waals surface area contributed by atoms with Crippen LogP contribution in [0.2, 0.25) is 5.02 Å². The summed E-state index contributed by atoms with van der Waals surface area (Å²) in [7, 11) is 1.96. The molecule has 2 aromatic heterocycles. The Morgan fingerprint density at radius 2 is 2.29 bits per heavy atom. The van der Waals surface area contributed by atoms with Crippen molar-refractivity contribution in [2.45, 2.75) is 19.5 Å². The van der Waals surface area contributed by atoms with Gasteiger partial charge in [-0.2, -0.15) is 0 Å². The van der Waals surface area contributed by atoms with Gasteiger partial charge in [-0.3, -0.25) is 4.98 Å². The van der Waals surface area contributed by atoms with Crippen molar-refractivity contribution >= 4 is 11.6 Å². The molecule has 0 spiro atoms. The van der Waals surface area contributed by atoms with Gasteiger partial charge in [0.1, 0.15) is 0 Å². The van der Waals surface area contributed by atoms with Crippen LogP contribution in [0.4, 0.5) is 0 Å². The average Bonchev–Trinajstić information content (AvgIpc) is 2.79. The minimum absolute atomic E-state index is 0.325. The van der Waals surface area contributed by atoms with E-state index in [4.69, 9.17) is 11.6 Å². The van der Waals surface area contributed by atoms with Crippen molar-refractivity contribution < 1.29 is 0 Å². The van der Waals surface area contributed by atoms with Crippen LogP contribution in [-0.4, -0.2) is 16.6 Å². The van der Waals surface area contributed by atoms with E-state index in [-0.39, 0.29) is 0 Å². The largest absolute Gasteiger partial charge is 0.346 e. The minimum Gasteiger partial charge on any atom is -0.346 e. The number of hydrogen-bond acceptors (Lipinski definition) is 2. The molecule has 0 amide bonds. The molecule has 1 N–H and O–H groups in total. The minimum atomic E-state index is 0.325. The predicted molar refractivity (Wildman–Crippen MR) is 70.3 cm³/mol. The molecule has 1 atom stereocenters. The predicted octanol–water partition coefficient (Wildman–Crippen LogP) is 2.87. The Balaban J connectivity index is 2.25. The Hall–Kier alpha value is -1.32. The van der Waals surface area contributed by atoms with Crippen molar-refractivity contribution in [1.82, 2.24) is 14.9 Å². The van der Waals surface area contributed by atoms with Crippen LogP contribution in [0.5, 0.6) is 0 Å². The average molecular weight is 250 g/mol. The standard InChI is InChI=1S/C13H16ClN3/c1-10(15-2)13-4-3-7-17(13)9-11-5-6-16-8-12(11)14/h3-8,10,15H,9H2,1-2H3. The Bertz CT molecular complexity index is 493. The van der Waals surface area contributed by atoms with Crippen LogP contribution in [0.25, 0.3) is 0 Å². The highest BCUT2D eigenvalue weighted by Gasteiger charge is 2.09. The molecule has 0 radical (unpaired) electrons. The fraction of sp³-hybridized carbons (Fsp3) is 0.308. The van der Waals surface area contributed by atoms with Crippen molar-refractivity contribution in [2.24, 2.45) is 0 Å². The summed E-state index contributed by atoms with van der Waals surface area (Å²) in [6.45, 7) is 2.91. The summed E-state index contributed by atoms with van der Waals surface area (Å²) in [5.41, 5.74) is 2.34. The maximum atomic E-state index is 6.12. The third kappa shape index (κ3) is 2.68. The lowest BCUT2D eigenvalue weighted by atomic mass is 10.2. The summed E-state index contributed by atoms with van der Waals surface area (Å²) in [6.07, 6.45) is 5.52. The molecular formula is C13H16ClN3. The summed E-state index contributed by atoms with van der Waals surface area (Å²) in [6, 6.07) is 6.45. The van der Waals surface area contributed by atoms with Gasteiger partial charge in [0.2, 0.25) is 0 Å². The molecule has 0 saturated heterocycles. The maximum Gasteiger partial charge on any atom is 0.0639 e. The fourth-order valence-corrected chi connectivity index (χ4v) is 2.01. The van der Waals surface area contributed by atoms with Gasteiger partial charge in [-0.05, 0) is 37.7 Å². The van der Waals surface area contributed by atoms with Gasteiger partial charge in [-0.15, -0.1) is 0 Å². The van der Waals surface area contributed by atoms with Gasteiger partial charge in [-0.25, -0.2) is 0 Å². The summed E-state index contributed by atoms with van der Waals surface area (Å²) in [5.74, 6) is 0. The number of rotatable bonds is 4. The van der Waals surface area contributed by atoms with E-state index in [9.17, 15) is 0 Å². The van der Waals surface area contributed by atoms with Gasteiger partial charge in [0.05, 0.1) is 5.02 Å². The van der Waals surface area contributed by atoms with Crippen molar-refractivity contribution in [1.29, 1.82) is 0 Å². The first-order chi connectivity index (χ1) is 8.22. The van der Waals surface area contributed by atoms with Gasteiger partial charge < -0.3 is 9.88 Å². The van der Waals surface area contributed by atoms with Crippen LogP contribution in [-0.2, 0) is 6.54 Å². The van der Waals surface area contributed by atoms with Gasteiger partial charge in [0.25, 0.3) is 0 Å². The highest BCUT2D eigenvalue weighted by molar-refractivity contribution is 6.31. The molecule has 0 aromatic carbocycles. The zero-order valence-corrected chi connectivity index (χ0v) is 10.8. The molecule has 90 valence electrons. The first-order valence-electron chi connectivity index (χ1n) is 5.63. The van der Waals surface area contributed by atoms with Crippen molar-refractivity contribution in [3.05, 3.63) is 53.1 Å². The first-order valence-corrected chi connectivity index (χ1v) is 6.01. The number of nitrogens with zero attached hydrogens (tertiary/aromatic N) is 2. The summed E-state index contributed by atoms with van der Waals surface area (Å²) >= 11 is 6.12. The van der Waals surface area contributed by atoms with Crippen molar-refractivity contribution in [3.8, 4) is 0 Å². The number of halogens is 1. The Morgan fingerprint density at radius 1 is 1.47 bits per heavy atom. The number of pyridine rings is 1. The van der Waals surface area contributed by atoms with Gasteiger partial charge in [0.15, 0.2) is 0 Å². The summed E-state index contributed by atoms with van der Waals surface area (Å²) in [5, 5.41) is 3.95. The van der Waals surface area contributed by atoms with Gasteiger partial charge >= 0.3 is 0 Å². The van der Waals surface area contributed by atoms with Gasteiger partial charge in [-0.1, -0.05) is 11.6 Å². The molecule has 3 nitrogen and oxygen atoms in total. The lowest BCUT2D eigenvalue weighted by molar-refractivity contribution is 0.589. The topological polar surface area (TPSA) is 29.9 Å². The lowest BCUT2D eigenvalue weighted by Gasteiger charge is -2.15. The van der Waals surface area contributed by atoms with Crippen LogP contribution >= 0.6 is 11.6 Å². The molecule has 2 rings (SSSR count). The van der Waals surface area contributed by atoms with E-state index in [2.05, 4.69) is 40.1 Å². The molecule has 0 aliphatic carbocycles. The van der Waals surface area contributed by atoms with E-state index in [0.29, 0.717) is 11.1 Å². The Morgan fingerprint density at radius 3 is 3.00 bits per heavy atom. The second-order valence-corrected chi connectivity index (χ2v) is 4.45. The fourth-order valence-electron chi connectivity index (χ4n) is 1.83. The monoisotopic (exact) mass is 249 g/mol. The van der Waals surface area contributed by atoms with Gasteiger partial charge in [0, 0.05) is 36.9 Å². The third-order valence-corrected chi connectivity index (χ3v) is 3.28. The molecule has 1 unspecified atom stereocenters. The van der Waals surface area contributed by atoms with Crippen molar-refractivity contribution in [2.75, 3.05) is 7.05 Å². The highest BCUT2D eigenvalue weighted by Crippen LogP contribution is 2.18. The van der Waals surface area contributed by atoms with E-state index >= 15 is 0 Å². The van der Waals surface area contributed by atoms with E-state index in [1.807, 2.05) is 13.1 Å². The number of aromatic nitrogens is 2. The molecule has 0 aliphatic rings. The molecular weight excluding hydrogens is 234 g/mol. The zero-order chi connectivity index (χ0) is 12.3. The second-order valence-electron chi connectivity index (χ2n) is 4.04. The maximum absolute atomic E-state index is 6.12. The summed E-state index contributed by atoms with van der Waals surface area (Å²) < 4.78 is 2.20. The van der Waals surface area contributed by atoms with Crippen LogP contribution in [0.3, 0.4) is 0 Å². The van der Waals surface area contributed by atoms with Crippen LogP contribution < -0.4 is 5.32 Å². The number of nitrogens with one attached hydrogen (secondary N) is 1. The normalized spacial score (nSPS) is 12.6. The highest BCUT2D eigenvalue weighted by atomic mass is 35.5. The molecule has 2 heterocycles.